The highest BCUT2D eigenvalue weighted by Gasteiger charge is 2.09. The molecule has 1 aromatic heterocycles. The molecule has 0 aliphatic heterocycles. The van der Waals surface area contributed by atoms with Crippen LogP contribution in [0.3, 0.4) is 0 Å². The Labute approximate surface area is 111 Å². The number of rotatable bonds is 5. The highest BCUT2D eigenvalue weighted by Crippen LogP contribution is 2.22. The first-order chi connectivity index (χ1) is 9.11. The Bertz CT molecular complexity index is 552. The third-order valence-electron chi connectivity index (χ3n) is 2.93. The summed E-state index contributed by atoms with van der Waals surface area (Å²) < 4.78 is 21.1. The van der Waals surface area contributed by atoms with Gasteiger partial charge in [-0.15, -0.1) is 0 Å². The van der Waals surface area contributed by atoms with Crippen LogP contribution in [-0.4, -0.2) is 14.7 Å². The maximum Gasteiger partial charge on any atom is 0.146 e. The number of aromatic nitrogens is 2. The minimum Gasteiger partial charge on any atom is -0.486 e. The van der Waals surface area contributed by atoms with Gasteiger partial charge >= 0.3 is 0 Å². The van der Waals surface area contributed by atoms with E-state index in [9.17, 15) is 9.50 Å². The molecule has 0 spiro atoms. The topological polar surface area (TPSA) is 47.3 Å². The molecule has 0 fully saturated rings. The summed E-state index contributed by atoms with van der Waals surface area (Å²) in [5.41, 5.74) is 0.266. The van der Waals surface area contributed by atoms with Gasteiger partial charge in [0.15, 0.2) is 0 Å². The third kappa shape index (κ3) is 3.12. The normalized spacial score (nSPS) is 12.4. The van der Waals surface area contributed by atoms with Crippen molar-refractivity contribution in [3.63, 3.8) is 0 Å². The van der Waals surface area contributed by atoms with Crippen molar-refractivity contribution in [2.45, 2.75) is 33.1 Å². The lowest BCUT2D eigenvalue weighted by molar-refractivity contribution is 0.193. The van der Waals surface area contributed by atoms with Crippen molar-refractivity contribution in [2.24, 2.45) is 0 Å². The molecular weight excluding hydrogens is 247 g/mol. The first-order valence-corrected chi connectivity index (χ1v) is 6.22. The summed E-state index contributed by atoms with van der Waals surface area (Å²) in [4.78, 5) is 4.17. The van der Waals surface area contributed by atoms with Gasteiger partial charge in [-0.2, -0.15) is 0 Å². The number of halogens is 1. The lowest BCUT2D eigenvalue weighted by atomic mass is 10.1. The van der Waals surface area contributed by atoms with Crippen LogP contribution in [0.5, 0.6) is 5.75 Å². The van der Waals surface area contributed by atoms with Crippen LogP contribution in [0.25, 0.3) is 0 Å². The molecule has 5 heteroatoms. The van der Waals surface area contributed by atoms with Gasteiger partial charge in [-0.3, -0.25) is 0 Å². The number of aliphatic hydroxyl groups excluding tert-OH is 1. The fraction of sp³-hybridized carbons (Fsp3) is 0.357. The molecule has 1 unspecified atom stereocenters. The highest BCUT2D eigenvalue weighted by atomic mass is 19.1. The van der Waals surface area contributed by atoms with Gasteiger partial charge in [0.05, 0.1) is 6.10 Å². The van der Waals surface area contributed by atoms with E-state index < -0.39 is 11.9 Å². The Morgan fingerprint density at radius 1 is 1.47 bits per heavy atom. The Hall–Kier alpha value is -1.88. The molecular formula is C14H17FN2O2. The average Bonchev–Trinajstić information content (AvgIpc) is 2.83. The molecule has 102 valence electrons. The molecule has 1 aromatic carbocycles. The van der Waals surface area contributed by atoms with E-state index in [2.05, 4.69) is 4.98 Å². The molecule has 1 N–H and O–H groups in total. The zero-order chi connectivity index (χ0) is 13.8. The monoisotopic (exact) mass is 264 g/mol. The fourth-order valence-corrected chi connectivity index (χ4v) is 1.85. The Morgan fingerprint density at radius 3 is 2.89 bits per heavy atom. The maximum absolute atomic E-state index is 13.7. The molecule has 1 atom stereocenters. The van der Waals surface area contributed by atoms with Gasteiger partial charge in [0, 0.05) is 30.6 Å². The van der Waals surface area contributed by atoms with E-state index in [4.69, 9.17) is 4.74 Å². The van der Waals surface area contributed by atoms with Crippen molar-refractivity contribution in [3.05, 3.63) is 47.8 Å². The van der Waals surface area contributed by atoms with Crippen LogP contribution in [-0.2, 0) is 13.2 Å². The summed E-state index contributed by atoms with van der Waals surface area (Å²) in [6.07, 6.45) is 2.75. The molecule has 0 saturated heterocycles. The first kappa shape index (κ1) is 13.5. The predicted molar refractivity (Wildman–Crippen MR) is 69.3 cm³/mol. The summed E-state index contributed by atoms with van der Waals surface area (Å²) in [5.74, 6) is 0.751. The van der Waals surface area contributed by atoms with E-state index in [1.54, 1.807) is 12.3 Å². The van der Waals surface area contributed by atoms with E-state index >= 15 is 0 Å². The van der Waals surface area contributed by atoms with Crippen LogP contribution in [0.4, 0.5) is 4.39 Å². The molecule has 0 aliphatic carbocycles. The zero-order valence-electron chi connectivity index (χ0n) is 11.0. The average molecular weight is 264 g/mol. The number of imidazole rings is 1. The predicted octanol–water partition coefficient (Wildman–Crippen LogP) is 2.67. The Morgan fingerprint density at radius 2 is 2.26 bits per heavy atom. The highest BCUT2D eigenvalue weighted by molar-refractivity contribution is 5.30. The second-order valence-electron chi connectivity index (χ2n) is 4.28. The molecule has 1 heterocycles. The van der Waals surface area contributed by atoms with Crippen LogP contribution >= 0.6 is 0 Å². The molecule has 0 aliphatic rings. The standard InChI is InChI=1S/C14H17FN2O2/c1-3-17-7-6-16-14(17)9-19-11-4-5-12(10(2)18)13(15)8-11/h4-8,10,18H,3,9H2,1-2H3. The molecule has 4 nitrogen and oxygen atoms in total. The number of hydrogen-bond acceptors (Lipinski definition) is 3. The van der Waals surface area contributed by atoms with Gasteiger partial charge in [-0.25, -0.2) is 9.37 Å². The molecule has 0 amide bonds. The second kappa shape index (κ2) is 5.84. The van der Waals surface area contributed by atoms with Gasteiger partial charge in [0.2, 0.25) is 0 Å². The van der Waals surface area contributed by atoms with E-state index in [-0.39, 0.29) is 12.2 Å². The van der Waals surface area contributed by atoms with Gasteiger partial charge in [0.1, 0.15) is 24.0 Å². The lowest BCUT2D eigenvalue weighted by Crippen LogP contribution is -2.06. The van der Waals surface area contributed by atoms with Crippen LogP contribution in [0.1, 0.15) is 31.3 Å². The summed E-state index contributed by atoms with van der Waals surface area (Å²) >= 11 is 0. The van der Waals surface area contributed by atoms with Crippen LogP contribution < -0.4 is 4.74 Å². The minimum absolute atomic E-state index is 0.266. The number of ether oxygens (including phenoxy) is 1. The van der Waals surface area contributed by atoms with Crippen molar-refractivity contribution in [1.29, 1.82) is 0 Å². The van der Waals surface area contributed by atoms with Crippen molar-refractivity contribution >= 4 is 0 Å². The van der Waals surface area contributed by atoms with E-state index in [0.29, 0.717) is 5.75 Å². The zero-order valence-corrected chi connectivity index (χ0v) is 11.0. The van der Waals surface area contributed by atoms with Gasteiger partial charge in [-0.05, 0) is 26.0 Å². The van der Waals surface area contributed by atoms with E-state index in [1.807, 2.05) is 17.7 Å². The number of benzene rings is 1. The number of aliphatic hydroxyl groups is 1. The van der Waals surface area contributed by atoms with Crippen molar-refractivity contribution in [2.75, 3.05) is 0 Å². The molecule has 2 rings (SSSR count). The smallest absolute Gasteiger partial charge is 0.146 e. The molecule has 19 heavy (non-hydrogen) atoms. The van der Waals surface area contributed by atoms with Crippen molar-refractivity contribution in [1.82, 2.24) is 9.55 Å². The summed E-state index contributed by atoms with van der Waals surface area (Å²) in [6, 6.07) is 4.45. The van der Waals surface area contributed by atoms with E-state index in [0.717, 1.165) is 12.4 Å². The molecule has 0 saturated carbocycles. The number of nitrogens with zero attached hydrogens (tertiary/aromatic N) is 2. The second-order valence-corrected chi connectivity index (χ2v) is 4.28. The number of hydrogen-bond donors (Lipinski definition) is 1. The summed E-state index contributed by atoms with van der Waals surface area (Å²) in [7, 11) is 0. The van der Waals surface area contributed by atoms with E-state index in [1.165, 1.54) is 19.1 Å². The largest absolute Gasteiger partial charge is 0.486 e. The third-order valence-corrected chi connectivity index (χ3v) is 2.93. The van der Waals surface area contributed by atoms with Crippen LogP contribution in [0, 0.1) is 5.82 Å². The van der Waals surface area contributed by atoms with Crippen molar-refractivity contribution in [3.8, 4) is 5.75 Å². The van der Waals surface area contributed by atoms with Crippen molar-refractivity contribution < 1.29 is 14.2 Å². The van der Waals surface area contributed by atoms with Gasteiger partial charge < -0.3 is 14.4 Å². The summed E-state index contributed by atoms with van der Waals surface area (Å²) in [6.45, 7) is 4.64. The van der Waals surface area contributed by atoms with Crippen LogP contribution in [0.15, 0.2) is 30.6 Å². The molecule has 0 radical (unpaired) electrons. The quantitative estimate of drug-likeness (QED) is 0.903. The maximum atomic E-state index is 13.7. The molecule has 2 aromatic rings. The minimum atomic E-state index is -0.826. The SMILES string of the molecule is CCn1ccnc1COc1ccc(C(C)O)c(F)c1. The Kier molecular flexibility index (Phi) is 4.16. The molecule has 0 bridgehead atoms. The van der Waals surface area contributed by atoms with Crippen LogP contribution in [0.2, 0.25) is 0 Å². The lowest BCUT2D eigenvalue weighted by Gasteiger charge is -2.10. The Balaban J connectivity index is 2.06. The van der Waals surface area contributed by atoms with Gasteiger partial charge in [-0.1, -0.05) is 0 Å². The first-order valence-electron chi connectivity index (χ1n) is 6.22. The fourth-order valence-electron chi connectivity index (χ4n) is 1.85. The number of aryl methyl sites for hydroxylation is 1. The van der Waals surface area contributed by atoms with Gasteiger partial charge in [0.25, 0.3) is 0 Å². The summed E-state index contributed by atoms with van der Waals surface area (Å²) in [5, 5.41) is 9.35.